The minimum atomic E-state index is -3.79. The maximum atomic E-state index is 13.5. The Kier molecular flexibility index (Phi) is 6.99. The molecule has 8 nitrogen and oxygen atoms in total. The molecule has 0 saturated heterocycles. The molecule has 1 fully saturated rings. The lowest BCUT2D eigenvalue weighted by Crippen LogP contribution is -2.35. The van der Waals surface area contributed by atoms with E-state index in [1.165, 1.54) is 3.97 Å². The standard InChI is InChI=1S/C26H31N5O3S/c1-2-34-13-12-27-22-10-8-19(9-11-22)20-14-24-25(21-16-29-30-17-21)18-31(26(24)28-15-20)35(32,33)23-6-4-3-5-7-23/h3-7,14-19,22,27H,2,8-13H2,1H3,(H,29,30). The third-order valence-electron chi connectivity index (χ3n) is 6.82. The second kappa shape index (κ2) is 10.3. The average molecular weight is 494 g/mol. The Labute approximate surface area is 205 Å². The number of pyridine rings is 1. The molecule has 0 amide bonds. The molecule has 1 saturated carbocycles. The molecule has 35 heavy (non-hydrogen) atoms. The largest absolute Gasteiger partial charge is 0.380 e. The van der Waals surface area contributed by atoms with Gasteiger partial charge in [-0.05, 0) is 62.3 Å². The van der Waals surface area contributed by atoms with Crippen LogP contribution in [0.15, 0.2) is 66.1 Å². The van der Waals surface area contributed by atoms with Crippen molar-refractivity contribution < 1.29 is 13.2 Å². The molecule has 0 atom stereocenters. The quantitative estimate of drug-likeness (QED) is 0.337. The van der Waals surface area contributed by atoms with Crippen LogP contribution in [0.2, 0.25) is 0 Å². The molecule has 9 heteroatoms. The normalized spacial score (nSPS) is 18.8. The molecule has 1 aliphatic rings. The number of nitrogens with one attached hydrogen (secondary N) is 2. The molecule has 0 spiro atoms. The second-order valence-electron chi connectivity index (χ2n) is 8.98. The molecule has 5 rings (SSSR count). The number of benzene rings is 1. The van der Waals surface area contributed by atoms with E-state index in [4.69, 9.17) is 4.74 Å². The van der Waals surface area contributed by atoms with Crippen molar-refractivity contribution in [1.82, 2.24) is 24.5 Å². The molecule has 1 aromatic carbocycles. The third-order valence-corrected chi connectivity index (χ3v) is 8.49. The van der Waals surface area contributed by atoms with E-state index in [-0.39, 0.29) is 4.90 Å². The van der Waals surface area contributed by atoms with Crippen molar-refractivity contribution in [2.45, 2.75) is 49.5 Å². The fourth-order valence-corrected chi connectivity index (χ4v) is 6.29. The number of fused-ring (bicyclic) bond motifs is 1. The predicted octanol–water partition coefficient (Wildman–Crippen LogP) is 4.32. The lowest BCUT2D eigenvalue weighted by atomic mass is 9.82. The molecule has 3 heterocycles. The Morgan fingerprint density at radius 2 is 1.94 bits per heavy atom. The van der Waals surface area contributed by atoms with E-state index in [1.54, 1.807) is 48.9 Å². The lowest BCUT2D eigenvalue weighted by Gasteiger charge is -2.29. The molecule has 0 bridgehead atoms. The van der Waals surface area contributed by atoms with Crippen molar-refractivity contribution >= 4 is 21.1 Å². The number of ether oxygens (including phenoxy) is 1. The Hall–Kier alpha value is -3.01. The van der Waals surface area contributed by atoms with Gasteiger partial charge in [0.2, 0.25) is 0 Å². The summed E-state index contributed by atoms with van der Waals surface area (Å²) in [5, 5.41) is 11.3. The van der Waals surface area contributed by atoms with Crippen LogP contribution in [0.4, 0.5) is 0 Å². The summed E-state index contributed by atoms with van der Waals surface area (Å²) in [4.78, 5) is 4.92. The number of aromatic amines is 1. The van der Waals surface area contributed by atoms with Gasteiger partial charge >= 0.3 is 0 Å². The van der Waals surface area contributed by atoms with E-state index in [0.717, 1.165) is 67.5 Å². The molecule has 184 valence electrons. The van der Waals surface area contributed by atoms with Gasteiger partial charge in [0.25, 0.3) is 10.0 Å². The summed E-state index contributed by atoms with van der Waals surface area (Å²) in [6.45, 7) is 4.39. The number of hydrogen-bond acceptors (Lipinski definition) is 6. The molecule has 0 unspecified atom stereocenters. The fraction of sp³-hybridized carbons (Fsp3) is 0.385. The van der Waals surface area contributed by atoms with Gasteiger partial charge in [0.1, 0.15) is 0 Å². The Balaban J connectivity index is 1.45. The van der Waals surface area contributed by atoms with Crippen molar-refractivity contribution in [2.75, 3.05) is 19.8 Å². The highest BCUT2D eigenvalue weighted by Gasteiger charge is 2.26. The fourth-order valence-electron chi connectivity index (χ4n) is 4.95. The van der Waals surface area contributed by atoms with Crippen LogP contribution in [0.5, 0.6) is 0 Å². The summed E-state index contributed by atoms with van der Waals surface area (Å²) in [6, 6.07) is 11.1. The van der Waals surface area contributed by atoms with E-state index >= 15 is 0 Å². The average Bonchev–Trinajstić information content (AvgIpc) is 3.55. The van der Waals surface area contributed by atoms with E-state index in [1.807, 2.05) is 13.1 Å². The van der Waals surface area contributed by atoms with Crippen molar-refractivity contribution in [2.24, 2.45) is 0 Å². The summed E-state index contributed by atoms with van der Waals surface area (Å²) in [7, 11) is -3.79. The smallest absolute Gasteiger partial charge is 0.269 e. The van der Waals surface area contributed by atoms with Crippen LogP contribution in [-0.2, 0) is 14.8 Å². The van der Waals surface area contributed by atoms with Crippen LogP contribution in [0.1, 0.15) is 44.1 Å². The summed E-state index contributed by atoms with van der Waals surface area (Å²) in [5.41, 5.74) is 3.22. The van der Waals surface area contributed by atoms with Gasteiger partial charge in [0.05, 0.1) is 17.7 Å². The first-order chi connectivity index (χ1) is 17.1. The summed E-state index contributed by atoms with van der Waals surface area (Å²) in [6.07, 6.45) is 11.4. The van der Waals surface area contributed by atoms with Crippen molar-refractivity contribution in [1.29, 1.82) is 0 Å². The van der Waals surface area contributed by atoms with Gasteiger partial charge in [-0.25, -0.2) is 17.4 Å². The van der Waals surface area contributed by atoms with Crippen LogP contribution >= 0.6 is 0 Å². The Bertz CT molecular complexity index is 1360. The molecular weight excluding hydrogens is 462 g/mol. The monoisotopic (exact) mass is 493 g/mol. The molecular formula is C26H31N5O3S. The van der Waals surface area contributed by atoms with Gasteiger partial charge in [-0.3, -0.25) is 5.10 Å². The maximum absolute atomic E-state index is 13.5. The van der Waals surface area contributed by atoms with E-state index < -0.39 is 10.0 Å². The Morgan fingerprint density at radius 3 is 2.66 bits per heavy atom. The number of rotatable bonds is 9. The first-order valence-corrected chi connectivity index (χ1v) is 13.6. The molecule has 0 aliphatic heterocycles. The van der Waals surface area contributed by atoms with Gasteiger partial charge in [-0.15, -0.1) is 0 Å². The first-order valence-electron chi connectivity index (χ1n) is 12.2. The predicted molar refractivity (Wildman–Crippen MR) is 136 cm³/mol. The van der Waals surface area contributed by atoms with E-state index in [9.17, 15) is 8.42 Å². The zero-order valence-electron chi connectivity index (χ0n) is 19.9. The number of hydrogen-bond donors (Lipinski definition) is 2. The molecule has 4 aromatic rings. The Morgan fingerprint density at radius 1 is 1.14 bits per heavy atom. The number of aromatic nitrogens is 4. The summed E-state index contributed by atoms with van der Waals surface area (Å²) >= 11 is 0. The van der Waals surface area contributed by atoms with Gasteiger partial charge in [0, 0.05) is 54.3 Å². The van der Waals surface area contributed by atoms with Crippen LogP contribution in [0.3, 0.4) is 0 Å². The van der Waals surface area contributed by atoms with Gasteiger partial charge in [-0.2, -0.15) is 5.10 Å². The first kappa shape index (κ1) is 23.7. The SMILES string of the molecule is CCOCCNC1CCC(c2cnc3c(c2)c(-c2cn[nH]c2)cn3S(=O)(=O)c2ccccc2)CC1. The van der Waals surface area contributed by atoms with Crippen LogP contribution in [0, 0.1) is 0 Å². The van der Waals surface area contributed by atoms with Crippen LogP contribution < -0.4 is 5.32 Å². The zero-order chi connectivity index (χ0) is 24.3. The van der Waals surface area contributed by atoms with Crippen molar-refractivity contribution in [3.05, 3.63) is 66.7 Å². The van der Waals surface area contributed by atoms with Gasteiger partial charge < -0.3 is 10.1 Å². The van der Waals surface area contributed by atoms with Crippen LogP contribution in [-0.4, -0.2) is 53.4 Å². The lowest BCUT2D eigenvalue weighted by molar-refractivity contribution is 0.144. The number of nitrogens with zero attached hydrogens (tertiary/aromatic N) is 3. The minimum absolute atomic E-state index is 0.233. The summed E-state index contributed by atoms with van der Waals surface area (Å²) < 4.78 is 33.7. The van der Waals surface area contributed by atoms with Crippen molar-refractivity contribution in [3.63, 3.8) is 0 Å². The van der Waals surface area contributed by atoms with E-state index in [2.05, 4.69) is 26.6 Å². The summed E-state index contributed by atoms with van der Waals surface area (Å²) in [5.74, 6) is 0.406. The third kappa shape index (κ3) is 4.89. The van der Waals surface area contributed by atoms with Crippen molar-refractivity contribution in [3.8, 4) is 11.1 Å². The van der Waals surface area contributed by atoms with E-state index in [0.29, 0.717) is 17.6 Å². The highest BCUT2D eigenvalue weighted by molar-refractivity contribution is 7.90. The molecule has 2 N–H and O–H groups in total. The minimum Gasteiger partial charge on any atom is -0.380 e. The molecule has 0 radical (unpaired) electrons. The highest BCUT2D eigenvalue weighted by Crippen LogP contribution is 2.37. The number of H-pyrrole nitrogens is 1. The second-order valence-corrected chi connectivity index (χ2v) is 10.8. The topological polar surface area (TPSA) is 102 Å². The van der Waals surface area contributed by atoms with Gasteiger partial charge in [-0.1, -0.05) is 18.2 Å². The maximum Gasteiger partial charge on any atom is 0.269 e. The highest BCUT2D eigenvalue weighted by atomic mass is 32.2. The molecule has 3 aromatic heterocycles. The van der Waals surface area contributed by atoms with Gasteiger partial charge in [0.15, 0.2) is 5.65 Å². The zero-order valence-corrected chi connectivity index (χ0v) is 20.7. The molecule has 1 aliphatic carbocycles. The van der Waals surface area contributed by atoms with Crippen LogP contribution in [0.25, 0.3) is 22.2 Å².